The molecule has 0 bridgehead atoms. The van der Waals surface area contributed by atoms with Crippen molar-refractivity contribution in [3.63, 3.8) is 0 Å². The highest BCUT2D eigenvalue weighted by Gasteiger charge is 2.27. The van der Waals surface area contributed by atoms with E-state index in [1.54, 1.807) is 4.90 Å². The van der Waals surface area contributed by atoms with E-state index in [1.165, 1.54) is 29.2 Å². The zero-order valence-electron chi connectivity index (χ0n) is 17.9. The Morgan fingerprint density at radius 1 is 0.969 bits per heavy atom. The quantitative estimate of drug-likeness (QED) is 0.513. The number of hydrogen-bond acceptors (Lipinski definition) is 6. The van der Waals surface area contributed by atoms with Crippen molar-refractivity contribution >= 4 is 28.7 Å². The van der Waals surface area contributed by atoms with Gasteiger partial charge in [0.25, 0.3) is 5.69 Å². The number of aromatic nitrogens is 1. The summed E-state index contributed by atoms with van der Waals surface area (Å²) in [6.07, 6.45) is 3.99. The summed E-state index contributed by atoms with van der Waals surface area (Å²) in [6, 6.07) is 4.11. The smallest absolute Gasteiger partial charge is 0.407 e. The van der Waals surface area contributed by atoms with Crippen molar-refractivity contribution in [2.24, 2.45) is 0 Å². The lowest BCUT2D eigenvalue weighted by molar-refractivity contribution is -0.384. The monoisotopic (exact) mass is 445 g/mol. The number of carbonyl (C=O) groups is 2. The van der Waals surface area contributed by atoms with E-state index in [-0.39, 0.29) is 36.2 Å². The van der Waals surface area contributed by atoms with Gasteiger partial charge in [0.1, 0.15) is 0 Å². The van der Waals surface area contributed by atoms with Crippen LogP contribution in [0.15, 0.2) is 27.4 Å². The number of rotatable bonds is 5. The van der Waals surface area contributed by atoms with E-state index >= 15 is 0 Å². The summed E-state index contributed by atoms with van der Waals surface area (Å²) in [7, 11) is 0. The predicted molar refractivity (Wildman–Crippen MR) is 115 cm³/mol. The minimum Gasteiger partial charge on any atom is -0.407 e. The fourth-order valence-corrected chi connectivity index (χ4v) is 4.36. The molecule has 2 aliphatic rings. The molecule has 2 fully saturated rings. The molecule has 11 nitrogen and oxygen atoms in total. The molecule has 0 N–H and O–H groups in total. The summed E-state index contributed by atoms with van der Waals surface area (Å²) in [4.78, 5) is 53.1. The molecule has 32 heavy (non-hydrogen) atoms. The molecule has 0 unspecified atom stereocenters. The third kappa shape index (κ3) is 4.61. The van der Waals surface area contributed by atoms with Crippen LogP contribution in [0.1, 0.15) is 32.1 Å². The fraction of sp³-hybridized carbons (Fsp3) is 0.571. The van der Waals surface area contributed by atoms with Crippen molar-refractivity contribution < 1.29 is 18.9 Å². The lowest BCUT2D eigenvalue weighted by atomic mass is 10.1. The largest absolute Gasteiger partial charge is 0.419 e. The summed E-state index contributed by atoms with van der Waals surface area (Å²) in [6.45, 7) is 3.99. The maximum Gasteiger partial charge on any atom is 0.419 e. The standard InChI is InChI=1S/C21H27N5O6/c27-19(22-11-13-24(14-12-22)20(28)23-8-2-1-3-9-23)5-4-10-25-17-7-6-16(26(30)31)15-18(17)32-21(25)29/h6-7,15H,1-5,8-14H2. The van der Waals surface area contributed by atoms with Crippen molar-refractivity contribution in [1.82, 2.24) is 19.3 Å². The molecule has 0 spiro atoms. The zero-order chi connectivity index (χ0) is 22.7. The lowest BCUT2D eigenvalue weighted by Crippen LogP contribution is -2.54. The Labute approximate surface area is 184 Å². The van der Waals surface area contributed by atoms with Gasteiger partial charge < -0.3 is 19.1 Å². The first-order valence-electron chi connectivity index (χ1n) is 11.0. The number of nitro benzene ring substituents is 1. The molecule has 1 aromatic carbocycles. The zero-order valence-corrected chi connectivity index (χ0v) is 17.9. The first-order chi connectivity index (χ1) is 15.4. The van der Waals surface area contributed by atoms with E-state index in [9.17, 15) is 24.5 Å². The maximum atomic E-state index is 12.6. The van der Waals surface area contributed by atoms with Gasteiger partial charge in [-0.15, -0.1) is 0 Å². The Balaban J connectivity index is 1.27. The normalized spacial score (nSPS) is 17.1. The summed E-state index contributed by atoms with van der Waals surface area (Å²) in [5.41, 5.74) is 0.481. The fourth-order valence-electron chi connectivity index (χ4n) is 4.36. The Morgan fingerprint density at radius 2 is 1.62 bits per heavy atom. The molecular weight excluding hydrogens is 418 g/mol. The van der Waals surface area contributed by atoms with Crippen LogP contribution >= 0.6 is 0 Å². The molecule has 3 heterocycles. The number of non-ortho nitro benzene ring substituents is 1. The second-order valence-electron chi connectivity index (χ2n) is 8.23. The molecule has 172 valence electrons. The van der Waals surface area contributed by atoms with Gasteiger partial charge in [0, 0.05) is 58.3 Å². The van der Waals surface area contributed by atoms with Crippen LogP contribution in [0.2, 0.25) is 0 Å². The van der Waals surface area contributed by atoms with Crippen molar-refractivity contribution in [2.75, 3.05) is 39.3 Å². The number of amides is 3. The number of nitrogens with zero attached hydrogens (tertiary/aromatic N) is 5. The minimum atomic E-state index is -0.599. The molecule has 4 rings (SSSR count). The molecule has 2 aliphatic heterocycles. The Bertz CT molecular complexity index is 1060. The molecule has 11 heteroatoms. The number of oxazole rings is 1. The van der Waals surface area contributed by atoms with Crippen LogP contribution in [-0.2, 0) is 11.3 Å². The maximum absolute atomic E-state index is 12.6. The molecule has 3 amide bonds. The molecular formula is C21H27N5O6. The van der Waals surface area contributed by atoms with Gasteiger partial charge in [-0.2, -0.15) is 0 Å². The van der Waals surface area contributed by atoms with Gasteiger partial charge in [0.15, 0.2) is 5.58 Å². The number of urea groups is 1. The predicted octanol–water partition coefficient (Wildman–Crippen LogP) is 2.03. The second kappa shape index (κ2) is 9.41. The third-order valence-electron chi connectivity index (χ3n) is 6.16. The number of piperazine rings is 1. The van der Waals surface area contributed by atoms with Crippen molar-refractivity contribution in [3.05, 3.63) is 38.9 Å². The number of likely N-dealkylation sites (tertiary alicyclic amines) is 1. The van der Waals surface area contributed by atoms with Crippen LogP contribution in [0, 0.1) is 10.1 Å². The van der Waals surface area contributed by atoms with Crippen molar-refractivity contribution in [2.45, 2.75) is 38.6 Å². The summed E-state index contributed by atoms with van der Waals surface area (Å²) >= 11 is 0. The highest BCUT2D eigenvalue weighted by Crippen LogP contribution is 2.20. The van der Waals surface area contributed by atoms with E-state index in [4.69, 9.17) is 4.42 Å². The lowest BCUT2D eigenvalue weighted by Gasteiger charge is -2.38. The molecule has 0 aliphatic carbocycles. The Morgan fingerprint density at radius 3 is 2.31 bits per heavy atom. The minimum absolute atomic E-state index is 0.00782. The van der Waals surface area contributed by atoms with E-state index < -0.39 is 10.7 Å². The summed E-state index contributed by atoms with van der Waals surface area (Å²) in [5.74, 6) is -0.607. The molecule has 0 radical (unpaired) electrons. The van der Waals surface area contributed by atoms with Crippen LogP contribution in [0.4, 0.5) is 10.5 Å². The molecule has 1 aromatic heterocycles. The van der Waals surface area contributed by atoms with Crippen molar-refractivity contribution in [3.8, 4) is 0 Å². The van der Waals surface area contributed by atoms with Crippen LogP contribution in [0.5, 0.6) is 0 Å². The summed E-state index contributed by atoms with van der Waals surface area (Å²) in [5, 5.41) is 10.9. The number of nitro groups is 1. The van der Waals surface area contributed by atoms with Crippen LogP contribution in [0.25, 0.3) is 11.1 Å². The van der Waals surface area contributed by atoms with Crippen LogP contribution in [0.3, 0.4) is 0 Å². The molecule has 2 aromatic rings. The van der Waals surface area contributed by atoms with Gasteiger partial charge in [-0.3, -0.25) is 19.5 Å². The van der Waals surface area contributed by atoms with Gasteiger partial charge in [0.2, 0.25) is 5.91 Å². The van der Waals surface area contributed by atoms with Gasteiger partial charge in [-0.05, 0) is 31.7 Å². The number of hydrogen-bond donors (Lipinski definition) is 0. The third-order valence-corrected chi connectivity index (χ3v) is 6.16. The van der Waals surface area contributed by atoms with Gasteiger partial charge in [0.05, 0.1) is 16.5 Å². The average Bonchev–Trinajstić information content (AvgIpc) is 3.13. The number of carbonyl (C=O) groups excluding carboxylic acids is 2. The van der Waals surface area contributed by atoms with Gasteiger partial charge in [-0.25, -0.2) is 9.59 Å². The topological polar surface area (TPSA) is 122 Å². The summed E-state index contributed by atoms with van der Waals surface area (Å²) < 4.78 is 6.50. The number of aryl methyl sites for hydroxylation is 1. The van der Waals surface area contributed by atoms with Crippen LogP contribution < -0.4 is 5.76 Å². The number of benzene rings is 1. The molecule has 2 saturated heterocycles. The highest BCUT2D eigenvalue weighted by molar-refractivity contribution is 5.78. The Hall–Kier alpha value is -3.37. The van der Waals surface area contributed by atoms with Gasteiger partial charge >= 0.3 is 11.8 Å². The van der Waals surface area contributed by atoms with Crippen LogP contribution in [-0.4, -0.2) is 75.4 Å². The molecule has 0 saturated carbocycles. The van der Waals surface area contributed by atoms with Crippen molar-refractivity contribution in [1.29, 1.82) is 0 Å². The Kier molecular flexibility index (Phi) is 6.42. The number of piperidine rings is 1. The first kappa shape index (κ1) is 21.8. The van der Waals surface area contributed by atoms with E-state index in [2.05, 4.69) is 0 Å². The first-order valence-corrected chi connectivity index (χ1v) is 11.0. The second-order valence-corrected chi connectivity index (χ2v) is 8.23. The van der Waals surface area contributed by atoms with E-state index in [1.807, 2.05) is 9.80 Å². The van der Waals surface area contributed by atoms with Gasteiger partial charge in [-0.1, -0.05) is 0 Å². The van der Waals surface area contributed by atoms with E-state index in [0.717, 1.165) is 25.9 Å². The average molecular weight is 445 g/mol. The number of fused-ring (bicyclic) bond motifs is 1. The highest BCUT2D eigenvalue weighted by atomic mass is 16.6. The SMILES string of the molecule is O=C(CCCn1c(=O)oc2cc([N+](=O)[O-])ccc21)N1CCN(C(=O)N2CCCCC2)CC1. The molecule has 0 atom stereocenters. The van der Waals surface area contributed by atoms with E-state index in [0.29, 0.717) is 38.1 Å².